The molecule has 1 aliphatic heterocycles. The Morgan fingerprint density at radius 1 is 1.16 bits per heavy atom. The molecule has 37 heavy (non-hydrogen) atoms. The zero-order chi connectivity index (χ0) is 27.2. The van der Waals surface area contributed by atoms with Crippen LogP contribution in [0.2, 0.25) is 0 Å². The van der Waals surface area contributed by atoms with Crippen LogP contribution < -0.4 is 10.6 Å². The maximum atomic E-state index is 12.9. The normalized spacial score (nSPS) is 22.9. The molecule has 0 aromatic heterocycles. The maximum Gasteiger partial charge on any atom is 0.251 e. The Balaban J connectivity index is 1.86. The van der Waals surface area contributed by atoms with Gasteiger partial charge in [0.05, 0.1) is 17.6 Å². The van der Waals surface area contributed by atoms with Gasteiger partial charge in [0.15, 0.2) is 0 Å². The van der Waals surface area contributed by atoms with Gasteiger partial charge in [0.1, 0.15) is 11.5 Å². The largest absolute Gasteiger partial charge is 0.466 e. The fourth-order valence-electron chi connectivity index (χ4n) is 5.56. The zero-order valence-corrected chi connectivity index (χ0v) is 23.2. The van der Waals surface area contributed by atoms with E-state index >= 15 is 0 Å². The first-order valence-corrected chi connectivity index (χ1v) is 13.6. The van der Waals surface area contributed by atoms with E-state index in [0.29, 0.717) is 23.8 Å². The van der Waals surface area contributed by atoms with Crippen LogP contribution in [-0.4, -0.2) is 42.4 Å². The number of carbonyl (C=O) groups is 1. The van der Waals surface area contributed by atoms with Crippen molar-refractivity contribution in [2.45, 2.75) is 77.9 Å². The van der Waals surface area contributed by atoms with Gasteiger partial charge >= 0.3 is 0 Å². The van der Waals surface area contributed by atoms with Crippen LogP contribution in [0.4, 0.5) is 0 Å². The molecule has 0 saturated heterocycles. The summed E-state index contributed by atoms with van der Waals surface area (Å²) < 4.78 is 6.09. The number of hydrogen-bond acceptors (Lipinski definition) is 5. The summed E-state index contributed by atoms with van der Waals surface area (Å²) in [5.74, 6) is 1.94. The van der Waals surface area contributed by atoms with E-state index in [1.165, 1.54) is 0 Å². The molecule has 1 heterocycles. The average Bonchev–Trinajstić information content (AvgIpc) is 2.86. The molecule has 6 nitrogen and oxygen atoms in total. The topological polar surface area (TPSA) is 90.8 Å². The molecule has 2 aliphatic rings. The number of amides is 1. The second-order valence-corrected chi connectivity index (χ2v) is 10.4. The summed E-state index contributed by atoms with van der Waals surface area (Å²) in [6.07, 6.45) is 10.2. The number of hydrogen-bond donors (Lipinski definition) is 4. The second kappa shape index (κ2) is 12.7. The molecule has 6 heteroatoms. The van der Waals surface area contributed by atoms with E-state index in [0.717, 1.165) is 60.3 Å². The molecule has 0 fully saturated rings. The molecule has 4 unspecified atom stereocenters. The molecule has 4 atom stereocenters. The van der Waals surface area contributed by atoms with Gasteiger partial charge in [-0.05, 0) is 82.8 Å². The van der Waals surface area contributed by atoms with Crippen LogP contribution in [0, 0.1) is 5.92 Å². The first-order chi connectivity index (χ1) is 17.7. The number of aliphatic hydroxyl groups is 2. The van der Waals surface area contributed by atoms with Crippen LogP contribution in [0.1, 0.15) is 87.9 Å². The second-order valence-electron chi connectivity index (χ2n) is 10.4. The number of ether oxygens (including phenoxy) is 1. The van der Waals surface area contributed by atoms with Crippen molar-refractivity contribution in [3.63, 3.8) is 0 Å². The lowest BCUT2D eigenvalue weighted by Gasteiger charge is -2.52. The summed E-state index contributed by atoms with van der Waals surface area (Å²) in [5, 5.41) is 27.8. The molecular formula is C31H44N2O4. The first-order valence-electron chi connectivity index (χ1n) is 13.6. The molecule has 1 aromatic rings. The first kappa shape index (κ1) is 28.9. The van der Waals surface area contributed by atoms with E-state index in [1.807, 2.05) is 51.2 Å². The third-order valence-electron chi connectivity index (χ3n) is 7.38. The van der Waals surface area contributed by atoms with Crippen LogP contribution in [0.3, 0.4) is 0 Å². The number of rotatable bonds is 12. The molecule has 0 saturated carbocycles. The lowest BCUT2D eigenvalue weighted by atomic mass is 9.53. The van der Waals surface area contributed by atoms with Gasteiger partial charge in [0.2, 0.25) is 0 Å². The molecule has 1 aromatic carbocycles. The zero-order valence-electron chi connectivity index (χ0n) is 23.2. The summed E-state index contributed by atoms with van der Waals surface area (Å²) in [6, 6.07) is 5.61. The monoisotopic (exact) mass is 508 g/mol. The fraction of sp³-hybridized carbons (Fsp3) is 0.516. The third kappa shape index (κ3) is 5.92. The summed E-state index contributed by atoms with van der Waals surface area (Å²) in [4.78, 5) is 12.9. The minimum Gasteiger partial charge on any atom is -0.466 e. The highest BCUT2D eigenvalue weighted by atomic mass is 16.5. The van der Waals surface area contributed by atoms with Crippen molar-refractivity contribution in [2.24, 2.45) is 5.92 Å². The van der Waals surface area contributed by atoms with Crippen molar-refractivity contribution in [3.8, 4) is 0 Å². The summed E-state index contributed by atoms with van der Waals surface area (Å²) >= 11 is 0. The van der Waals surface area contributed by atoms with Gasteiger partial charge in [-0.1, -0.05) is 50.6 Å². The van der Waals surface area contributed by atoms with Crippen molar-refractivity contribution >= 4 is 5.91 Å². The van der Waals surface area contributed by atoms with Gasteiger partial charge in [-0.2, -0.15) is 0 Å². The van der Waals surface area contributed by atoms with Crippen LogP contribution in [0.15, 0.2) is 65.2 Å². The van der Waals surface area contributed by atoms with E-state index in [4.69, 9.17) is 4.74 Å². The predicted molar refractivity (Wildman–Crippen MR) is 149 cm³/mol. The average molecular weight is 509 g/mol. The molecule has 1 amide bonds. The van der Waals surface area contributed by atoms with E-state index in [2.05, 4.69) is 30.6 Å². The Bertz CT molecular complexity index is 1100. The quantitative estimate of drug-likeness (QED) is 0.291. The van der Waals surface area contributed by atoms with Gasteiger partial charge in [-0.25, -0.2) is 0 Å². The Kier molecular flexibility index (Phi) is 9.93. The minimum atomic E-state index is -0.845. The van der Waals surface area contributed by atoms with E-state index in [-0.39, 0.29) is 5.91 Å². The molecule has 1 aliphatic carbocycles. The Morgan fingerprint density at radius 2 is 1.86 bits per heavy atom. The SMILES string of the molecule is CC/C=C\C1=C(C)OC(C)=C(/C=C\C(C)O)C12c1ccc(C(=O)NCCCCC(C)CNC)cc1C2O. The summed E-state index contributed by atoms with van der Waals surface area (Å²) in [5.41, 5.74) is 3.17. The number of benzene rings is 1. The van der Waals surface area contributed by atoms with Crippen LogP contribution >= 0.6 is 0 Å². The van der Waals surface area contributed by atoms with Gasteiger partial charge in [-0.15, -0.1) is 0 Å². The van der Waals surface area contributed by atoms with Crippen LogP contribution in [0.25, 0.3) is 0 Å². The number of fused-ring (bicyclic) bond motifs is 2. The van der Waals surface area contributed by atoms with E-state index < -0.39 is 17.6 Å². The Hall–Kier alpha value is -2.67. The standard InChI is InChI=1S/C31H44N2O4/c1-7-8-12-26-22(4)37-23(5)27(15-13-21(3)34)31(26)28-16-14-24(18-25(28)29(31)35)30(36)33-17-10-9-11-20(2)19-32-6/h8,12-16,18,20-21,29,32,34-35H,7,9-11,17,19H2,1-6H3,(H,33,36)/b12-8-,15-13-. The van der Waals surface area contributed by atoms with E-state index in [9.17, 15) is 15.0 Å². The molecular weight excluding hydrogens is 464 g/mol. The summed E-state index contributed by atoms with van der Waals surface area (Å²) in [7, 11) is 1.97. The summed E-state index contributed by atoms with van der Waals surface area (Å²) in [6.45, 7) is 11.4. The number of carbonyl (C=O) groups excluding carboxylic acids is 1. The van der Waals surface area contributed by atoms with Crippen molar-refractivity contribution in [1.29, 1.82) is 0 Å². The fourth-order valence-corrected chi connectivity index (χ4v) is 5.56. The maximum absolute atomic E-state index is 12.9. The minimum absolute atomic E-state index is 0.120. The van der Waals surface area contributed by atoms with E-state index in [1.54, 1.807) is 13.0 Å². The number of unbranched alkanes of at least 4 members (excludes halogenated alkanes) is 1. The molecule has 3 rings (SSSR count). The molecule has 0 radical (unpaired) electrons. The molecule has 0 bridgehead atoms. The van der Waals surface area contributed by atoms with Crippen LogP contribution in [0.5, 0.6) is 0 Å². The Labute approximate surface area is 222 Å². The third-order valence-corrected chi connectivity index (χ3v) is 7.38. The van der Waals surface area contributed by atoms with Crippen molar-refractivity contribution in [3.05, 3.63) is 81.9 Å². The Morgan fingerprint density at radius 3 is 2.51 bits per heavy atom. The molecule has 202 valence electrons. The predicted octanol–water partition coefficient (Wildman–Crippen LogP) is 5.21. The highest BCUT2D eigenvalue weighted by Gasteiger charge is 2.58. The van der Waals surface area contributed by atoms with Crippen molar-refractivity contribution in [2.75, 3.05) is 20.1 Å². The van der Waals surface area contributed by atoms with Gasteiger partial charge in [-0.3, -0.25) is 4.79 Å². The highest BCUT2D eigenvalue weighted by Crippen LogP contribution is 2.62. The smallest absolute Gasteiger partial charge is 0.251 e. The van der Waals surface area contributed by atoms with Crippen molar-refractivity contribution in [1.82, 2.24) is 10.6 Å². The highest BCUT2D eigenvalue weighted by molar-refractivity contribution is 5.95. The number of nitrogens with one attached hydrogen (secondary N) is 2. The number of aliphatic hydroxyl groups excluding tert-OH is 2. The lowest BCUT2D eigenvalue weighted by Crippen LogP contribution is -2.49. The van der Waals surface area contributed by atoms with Gasteiger partial charge in [0, 0.05) is 23.3 Å². The molecule has 4 N–H and O–H groups in total. The van der Waals surface area contributed by atoms with Crippen molar-refractivity contribution < 1.29 is 19.7 Å². The van der Waals surface area contributed by atoms with Crippen LogP contribution in [-0.2, 0) is 10.2 Å². The number of allylic oxidation sites excluding steroid dienone is 5. The lowest BCUT2D eigenvalue weighted by molar-refractivity contribution is 0.0772. The van der Waals surface area contributed by atoms with Gasteiger partial charge < -0.3 is 25.6 Å². The van der Waals surface area contributed by atoms with Gasteiger partial charge in [0.25, 0.3) is 5.91 Å². The molecule has 1 spiro atoms.